The lowest BCUT2D eigenvalue weighted by molar-refractivity contribution is 0.0688. The number of fused-ring (bicyclic) bond motifs is 1. The molecule has 1 unspecified atom stereocenters. The summed E-state index contributed by atoms with van der Waals surface area (Å²) in [5, 5.41) is 30.2. The topological polar surface area (TPSA) is 60.7 Å². The van der Waals surface area contributed by atoms with Crippen LogP contribution in [0.5, 0.6) is 0 Å². The summed E-state index contributed by atoms with van der Waals surface area (Å²) in [6, 6.07) is 0. The van der Waals surface area contributed by atoms with Crippen LogP contribution in [0, 0.1) is 11.3 Å². The van der Waals surface area contributed by atoms with Gasteiger partial charge in [0.15, 0.2) is 0 Å². The highest BCUT2D eigenvalue weighted by Crippen LogP contribution is 2.58. The minimum absolute atomic E-state index is 0.254. The quantitative estimate of drug-likeness (QED) is 0.501. The molecule has 3 aliphatic carbocycles. The van der Waals surface area contributed by atoms with Crippen LogP contribution in [0.4, 0.5) is 0 Å². The molecule has 3 aliphatic rings. The van der Waals surface area contributed by atoms with Gasteiger partial charge in [-0.25, -0.2) is 0 Å². The van der Waals surface area contributed by atoms with Gasteiger partial charge in [-0.15, -0.1) is 0 Å². The van der Waals surface area contributed by atoms with Crippen LogP contribution in [0.25, 0.3) is 0 Å². The maximum Gasteiger partial charge on any atom is 0.0811 e. The van der Waals surface area contributed by atoms with Crippen LogP contribution in [0.1, 0.15) is 91.9 Å². The lowest BCUT2D eigenvalue weighted by Gasteiger charge is -2.40. The van der Waals surface area contributed by atoms with Crippen molar-refractivity contribution in [1.82, 2.24) is 0 Å². The fraction of sp³-hybridized carbons (Fsp3) is 0.704. The molecule has 3 heteroatoms. The van der Waals surface area contributed by atoms with Crippen LogP contribution in [-0.4, -0.2) is 33.1 Å². The van der Waals surface area contributed by atoms with E-state index in [0.29, 0.717) is 18.8 Å². The molecular formula is C27H42O3. The van der Waals surface area contributed by atoms with E-state index in [-0.39, 0.29) is 5.41 Å². The molecule has 3 N–H and O–H groups in total. The summed E-state index contributed by atoms with van der Waals surface area (Å²) in [5.74, 6) is 0.592. The van der Waals surface area contributed by atoms with Crippen LogP contribution in [0.3, 0.4) is 0 Å². The molecule has 3 saturated carbocycles. The smallest absolute Gasteiger partial charge is 0.0811 e. The number of hydrogen-bond acceptors (Lipinski definition) is 3. The van der Waals surface area contributed by atoms with E-state index in [0.717, 1.165) is 36.8 Å². The molecule has 3 rings (SSSR count). The Hall–Kier alpha value is -1.16. The predicted molar refractivity (Wildman–Crippen MR) is 124 cm³/mol. The monoisotopic (exact) mass is 414 g/mol. The van der Waals surface area contributed by atoms with Crippen LogP contribution in [0.2, 0.25) is 0 Å². The molecule has 3 nitrogen and oxygen atoms in total. The highest BCUT2D eigenvalue weighted by Gasteiger charge is 2.46. The first-order valence-corrected chi connectivity index (χ1v) is 11.9. The summed E-state index contributed by atoms with van der Waals surface area (Å²) in [5.41, 5.74) is 6.17. The average molecular weight is 415 g/mol. The number of aliphatic hydroxyl groups is 3. The first kappa shape index (κ1) is 23.5. The second kappa shape index (κ2) is 9.14. The van der Waals surface area contributed by atoms with Crippen molar-refractivity contribution in [2.24, 2.45) is 11.3 Å². The van der Waals surface area contributed by atoms with E-state index in [1.807, 2.05) is 13.8 Å². The third-order valence-corrected chi connectivity index (χ3v) is 7.87. The highest BCUT2D eigenvalue weighted by atomic mass is 16.3. The minimum Gasteiger partial charge on any atom is -0.393 e. The molecule has 168 valence electrons. The Morgan fingerprint density at radius 2 is 1.97 bits per heavy atom. The zero-order chi connectivity index (χ0) is 22.1. The zero-order valence-corrected chi connectivity index (χ0v) is 19.5. The SMILES string of the molecule is C=C1/C(=C\C=C2/CCC[C@]3(C)/C(=C(/C)CCCC(C)(C)O)CCC23)C[C@@H](O)C[C@@H]1O. The molecule has 0 aromatic rings. The molecule has 0 bridgehead atoms. The maximum absolute atomic E-state index is 10.1. The molecule has 0 amide bonds. The van der Waals surface area contributed by atoms with Gasteiger partial charge in [0.2, 0.25) is 0 Å². The largest absolute Gasteiger partial charge is 0.393 e. The number of hydrogen-bond donors (Lipinski definition) is 3. The molecule has 0 spiro atoms. The standard InChI is InChI=1S/C27H42O3/c1-18(8-6-14-26(3,4)30)23-12-13-24-20(9-7-15-27(23,24)5)10-11-21-16-22(28)17-25(29)19(21)2/h10-11,22,24-25,28-30H,2,6-9,12-17H2,1,3-5H3/b20-10+,21-11-,23-18-/t22-,24?,25+,27-/m1/s1. The van der Waals surface area contributed by atoms with Gasteiger partial charge in [-0.05, 0) is 101 Å². The van der Waals surface area contributed by atoms with Gasteiger partial charge in [0.05, 0.1) is 17.8 Å². The summed E-state index contributed by atoms with van der Waals surface area (Å²) >= 11 is 0. The third-order valence-electron chi connectivity index (χ3n) is 7.87. The molecule has 0 aliphatic heterocycles. The minimum atomic E-state index is -0.623. The van der Waals surface area contributed by atoms with Crippen LogP contribution in [-0.2, 0) is 0 Å². The van der Waals surface area contributed by atoms with Crippen LogP contribution in [0.15, 0.2) is 46.6 Å². The van der Waals surface area contributed by atoms with E-state index in [2.05, 4.69) is 32.6 Å². The van der Waals surface area contributed by atoms with Crippen molar-refractivity contribution >= 4 is 0 Å². The Labute approximate surface area is 183 Å². The lowest BCUT2D eigenvalue weighted by Crippen LogP contribution is -2.29. The van der Waals surface area contributed by atoms with Crippen molar-refractivity contribution in [1.29, 1.82) is 0 Å². The fourth-order valence-corrected chi connectivity index (χ4v) is 6.16. The van der Waals surface area contributed by atoms with E-state index in [4.69, 9.17) is 0 Å². The Balaban J connectivity index is 1.77. The Morgan fingerprint density at radius 3 is 2.67 bits per heavy atom. The highest BCUT2D eigenvalue weighted by molar-refractivity contribution is 5.40. The van der Waals surface area contributed by atoms with Gasteiger partial charge < -0.3 is 15.3 Å². The summed E-state index contributed by atoms with van der Waals surface area (Å²) < 4.78 is 0. The Bertz CT molecular complexity index is 749. The summed E-state index contributed by atoms with van der Waals surface area (Å²) in [4.78, 5) is 0. The van der Waals surface area contributed by atoms with E-state index >= 15 is 0 Å². The van der Waals surface area contributed by atoms with Gasteiger partial charge in [-0.3, -0.25) is 0 Å². The molecule has 0 aromatic carbocycles. The molecule has 0 heterocycles. The molecule has 0 aromatic heterocycles. The van der Waals surface area contributed by atoms with Gasteiger partial charge in [0, 0.05) is 6.42 Å². The molecule has 3 fully saturated rings. The zero-order valence-electron chi connectivity index (χ0n) is 19.5. The van der Waals surface area contributed by atoms with Crippen LogP contribution < -0.4 is 0 Å². The van der Waals surface area contributed by atoms with Gasteiger partial charge >= 0.3 is 0 Å². The third kappa shape index (κ3) is 5.18. The second-order valence-corrected chi connectivity index (χ2v) is 10.9. The van der Waals surface area contributed by atoms with E-state index in [9.17, 15) is 15.3 Å². The number of rotatable bonds is 5. The van der Waals surface area contributed by atoms with Gasteiger partial charge in [-0.2, -0.15) is 0 Å². The van der Waals surface area contributed by atoms with Gasteiger partial charge in [0.25, 0.3) is 0 Å². The second-order valence-electron chi connectivity index (χ2n) is 10.9. The Kier molecular flexibility index (Phi) is 7.16. The molecule has 0 radical (unpaired) electrons. The lowest BCUT2D eigenvalue weighted by atomic mass is 9.64. The van der Waals surface area contributed by atoms with E-state index in [1.165, 1.54) is 36.8 Å². The van der Waals surface area contributed by atoms with Crippen molar-refractivity contribution < 1.29 is 15.3 Å². The fourth-order valence-electron chi connectivity index (χ4n) is 6.16. The first-order chi connectivity index (χ1) is 14.0. The van der Waals surface area contributed by atoms with Crippen molar-refractivity contribution in [3.8, 4) is 0 Å². The normalized spacial score (nSPS) is 37.0. The number of aliphatic hydroxyl groups excluding tert-OH is 2. The van der Waals surface area contributed by atoms with Crippen molar-refractivity contribution in [2.75, 3.05) is 0 Å². The van der Waals surface area contributed by atoms with Crippen molar-refractivity contribution in [3.05, 3.63) is 46.6 Å². The molecule has 4 atom stereocenters. The van der Waals surface area contributed by atoms with Gasteiger partial charge in [-0.1, -0.05) is 42.4 Å². The summed E-state index contributed by atoms with van der Waals surface area (Å²) in [6.07, 6.45) is 13.3. The molecule has 30 heavy (non-hydrogen) atoms. The summed E-state index contributed by atoms with van der Waals surface area (Å²) in [6.45, 7) is 12.6. The number of allylic oxidation sites excluding steroid dienone is 5. The predicted octanol–water partition coefficient (Wildman–Crippen LogP) is 5.77. The average Bonchev–Trinajstić information content (AvgIpc) is 3.00. The summed E-state index contributed by atoms with van der Waals surface area (Å²) in [7, 11) is 0. The van der Waals surface area contributed by atoms with Gasteiger partial charge in [0.1, 0.15) is 0 Å². The maximum atomic E-state index is 10.1. The molecule has 0 saturated heterocycles. The van der Waals surface area contributed by atoms with Crippen molar-refractivity contribution in [3.63, 3.8) is 0 Å². The molecular weight excluding hydrogens is 372 g/mol. The first-order valence-electron chi connectivity index (χ1n) is 11.9. The van der Waals surface area contributed by atoms with Crippen molar-refractivity contribution in [2.45, 2.75) is 110 Å². The Morgan fingerprint density at radius 1 is 1.23 bits per heavy atom. The van der Waals surface area contributed by atoms with Crippen LogP contribution >= 0.6 is 0 Å². The van der Waals surface area contributed by atoms with E-state index in [1.54, 1.807) is 5.57 Å². The van der Waals surface area contributed by atoms with E-state index < -0.39 is 17.8 Å².